The predicted octanol–water partition coefficient (Wildman–Crippen LogP) is 1.20. The van der Waals surface area contributed by atoms with Crippen LogP contribution in [0, 0.1) is 0 Å². The van der Waals surface area contributed by atoms with Crippen LogP contribution in [0.1, 0.15) is 17.5 Å². The third kappa shape index (κ3) is 4.95. The van der Waals surface area contributed by atoms with Crippen molar-refractivity contribution in [2.75, 3.05) is 7.05 Å². The Kier molecular flexibility index (Phi) is 6.51. The summed E-state index contributed by atoms with van der Waals surface area (Å²) in [4.78, 5) is 30.8. The van der Waals surface area contributed by atoms with Crippen LogP contribution in [0.4, 0.5) is 0 Å². The van der Waals surface area contributed by atoms with Crippen molar-refractivity contribution >= 4 is 39.7 Å². The van der Waals surface area contributed by atoms with Gasteiger partial charge in [0, 0.05) is 36.0 Å². The molecule has 2 heterocycles. The van der Waals surface area contributed by atoms with Crippen molar-refractivity contribution in [1.29, 1.82) is 0 Å². The van der Waals surface area contributed by atoms with Crippen molar-refractivity contribution < 1.29 is 29.0 Å². The number of fused-ring (bicyclic) bond motifs is 3. The Morgan fingerprint density at radius 2 is 1.93 bits per heavy atom. The number of nitrogens with one attached hydrogen (secondary N) is 1. The van der Waals surface area contributed by atoms with Crippen LogP contribution in [0.2, 0.25) is 0 Å². The lowest BCUT2D eigenvalue weighted by molar-refractivity contribution is -0.134. The maximum absolute atomic E-state index is 11.7. The second-order valence-electron chi connectivity index (χ2n) is 5.92. The minimum Gasteiger partial charge on any atom is -0.478 e. The number of benzene rings is 1. The quantitative estimate of drug-likeness (QED) is 0.474. The largest absolute Gasteiger partial charge is 0.478 e. The van der Waals surface area contributed by atoms with Crippen LogP contribution in [0.3, 0.4) is 0 Å². The molecule has 5 N–H and O–H groups in total. The number of carboxylic acids is 2. The maximum Gasteiger partial charge on any atom is 0.328 e. The van der Waals surface area contributed by atoms with E-state index in [1.54, 1.807) is 19.3 Å². The lowest BCUT2D eigenvalue weighted by Gasteiger charge is -2.06. The van der Waals surface area contributed by atoms with Gasteiger partial charge in [0.2, 0.25) is 0 Å². The Labute approximate surface area is 159 Å². The van der Waals surface area contributed by atoms with Crippen LogP contribution < -0.4 is 11.1 Å². The van der Waals surface area contributed by atoms with Gasteiger partial charge in [0.25, 0.3) is 5.91 Å². The summed E-state index contributed by atoms with van der Waals surface area (Å²) in [5.41, 5.74) is 7.46. The number of rotatable bonds is 5. The SMILES string of the molecule is CNC(=O)c1cc2c(ccc3cnn(C[C@H](C)N)c32)o1.O=C(O)/C=C/C(=O)O. The van der Waals surface area contributed by atoms with E-state index in [4.69, 9.17) is 20.4 Å². The number of nitrogens with two attached hydrogens (primary N) is 1. The predicted molar refractivity (Wildman–Crippen MR) is 101 cm³/mol. The molecule has 0 radical (unpaired) electrons. The number of nitrogens with zero attached hydrogens (tertiary/aromatic N) is 2. The van der Waals surface area contributed by atoms with Crippen LogP contribution in [0.25, 0.3) is 21.9 Å². The summed E-state index contributed by atoms with van der Waals surface area (Å²) in [5.74, 6) is -2.46. The molecule has 10 heteroatoms. The fourth-order valence-electron chi connectivity index (χ4n) is 2.48. The Morgan fingerprint density at radius 3 is 2.46 bits per heavy atom. The third-order valence-corrected chi connectivity index (χ3v) is 3.58. The topological polar surface area (TPSA) is 161 Å². The van der Waals surface area contributed by atoms with E-state index in [0.717, 1.165) is 16.3 Å². The molecule has 0 fully saturated rings. The Balaban J connectivity index is 0.000000300. The van der Waals surface area contributed by atoms with E-state index in [-0.39, 0.29) is 11.9 Å². The first kappa shape index (κ1) is 20.6. The number of aromatic nitrogens is 2. The number of carbonyl (C=O) groups is 3. The third-order valence-electron chi connectivity index (χ3n) is 3.58. The number of carbonyl (C=O) groups excluding carboxylic acids is 1. The van der Waals surface area contributed by atoms with E-state index < -0.39 is 11.9 Å². The average molecular weight is 388 g/mol. The fourth-order valence-corrected chi connectivity index (χ4v) is 2.48. The number of furan rings is 1. The van der Waals surface area contributed by atoms with Gasteiger partial charge in [0.05, 0.1) is 18.3 Å². The molecule has 28 heavy (non-hydrogen) atoms. The maximum atomic E-state index is 11.7. The van der Waals surface area contributed by atoms with Crippen molar-refractivity contribution in [2.24, 2.45) is 5.73 Å². The summed E-state index contributed by atoms with van der Waals surface area (Å²) in [7, 11) is 1.57. The van der Waals surface area contributed by atoms with Crippen LogP contribution >= 0.6 is 0 Å². The summed E-state index contributed by atoms with van der Waals surface area (Å²) < 4.78 is 7.43. The number of amides is 1. The second kappa shape index (κ2) is 8.82. The van der Waals surface area contributed by atoms with Gasteiger partial charge >= 0.3 is 11.9 Å². The number of aliphatic carboxylic acids is 2. The van der Waals surface area contributed by atoms with Gasteiger partial charge in [0.1, 0.15) is 5.58 Å². The first-order chi connectivity index (χ1) is 13.2. The highest BCUT2D eigenvalue weighted by atomic mass is 16.4. The first-order valence-electron chi connectivity index (χ1n) is 8.22. The van der Waals surface area contributed by atoms with Crippen molar-refractivity contribution in [2.45, 2.75) is 19.5 Å². The van der Waals surface area contributed by atoms with Gasteiger partial charge in [-0.1, -0.05) is 0 Å². The summed E-state index contributed by atoms with van der Waals surface area (Å²) >= 11 is 0. The fraction of sp³-hybridized carbons (Fsp3) is 0.222. The highest BCUT2D eigenvalue weighted by molar-refractivity contribution is 6.06. The molecular formula is C18H20N4O6. The Hall–Kier alpha value is -3.66. The highest BCUT2D eigenvalue weighted by Gasteiger charge is 2.15. The molecule has 148 valence electrons. The summed E-state index contributed by atoms with van der Waals surface area (Å²) in [6, 6.07) is 5.52. The number of hydrogen-bond acceptors (Lipinski definition) is 6. The van der Waals surface area contributed by atoms with E-state index in [9.17, 15) is 14.4 Å². The molecule has 1 aromatic carbocycles. The molecule has 2 aromatic heterocycles. The van der Waals surface area contributed by atoms with Gasteiger partial charge < -0.3 is 25.7 Å². The molecule has 0 saturated carbocycles. The zero-order chi connectivity index (χ0) is 20.8. The van der Waals surface area contributed by atoms with Gasteiger partial charge in [-0.2, -0.15) is 5.10 Å². The number of hydrogen-bond donors (Lipinski definition) is 4. The standard InChI is InChI=1S/C14H16N4O2.C4H4O4/c1-8(15)7-18-13-9(6-17-18)3-4-11-10(13)5-12(20-11)14(19)16-2;5-3(6)1-2-4(7)8/h3-6,8H,7,15H2,1-2H3,(H,16,19);1-2H,(H,5,6)(H,7,8)/b;2-1+/t8-;/m0./s1. The Morgan fingerprint density at radius 1 is 1.29 bits per heavy atom. The molecule has 10 nitrogen and oxygen atoms in total. The molecule has 0 bridgehead atoms. The van der Waals surface area contributed by atoms with E-state index in [2.05, 4.69) is 10.4 Å². The second-order valence-corrected chi connectivity index (χ2v) is 5.92. The zero-order valence-corrected chi connectivity index (χ0v) is 15.2. The summed E-state index contributed by atoms with van der Waals surface area (Å²) in [5, 5.41) is 24.4. The monoisotopic (exact) mass is 388 g/mol. The molecule has 3 rings (SSSR count). The van der Waals surface area contributed by atoms with Gasteiger partial charge in [-0.05, 0) is 25.1 Å². The van der Waals surface area contributed by atoms with Gasteiger partial charge in [-0.3, -0.25) is 9.48 Å². The average Bonchev–Trinajstić information content (AvgIpc) is 3.23. The minimum absolute atomic E-state index is 0.00123. The van der Waals surface area contributed by atoms with Crippen LogP contribution in [0.15, 0.2) is 41.0 Å². The summed E-state index contributed by atoms with van der Waals surface area (Å²) in [6.07, 6.45) is 2.91. The lowest BCUT2D eigenvalue weighted by Crippen LogP contribution is -2.22. The molecule has 3 aromatic rings. The van der Waals surface area contributed by atoms with E-state index in [1.807, 2.05) is 23.7 Å². The van der Waals surface area contributed by atoms with E-state index >= 15 is 0 Å². The molecule has 0 aliphatic rings. The first-order valence-corrected chi connectivity index (χ1v) is 8.22. The zero-order valence-electron chi connectivity index (χ0n) is 15.2. The normalized spacial score (nSPS) is 12.0. The van der Waals surface area contributed by atoms with Crippen LogP contribution in [0.5, 0.6) is 0 Å². The van der Waals surface area contributed by atoms with E-state index in [1.165, 1.54) is 0 Å². The molecule has 0 saturated heterocycles. The smallest absolute Gasteiger partial charge is 0.328 e. The summed E-state index contributed by atoms with van der Waals surface area (Å²) in [6.45, 7) is 2.54. The number of carboxylic acid groups (broad SMARTS) is 2. The molecular weight excluding hydrogens is 368 g/mol. The van der Waals surface area contributed by atoms with Gasteiger partial charge in [-0.15, -0.1) is 0 Å². The molecule has 0 aliphatic heterocycles. The molecule has 1 atom stereocenters. The minimum atomic E-state index is -1.26. The van der Waals surface area contributed by atoms with Crippen molar-refractivity contribution in [3.63, 3.8) is 0 Å². The molecule has 0 unspecified atom stereocenters. The van der Waals surface area contributed by atoms with Crippen molar-refractivity contribution in [1.82, 2.24) is 15.1 Å². The molecule has 0 spiro atoms. The van der Waals surface area contributed by atoms with Crippen LogP contribution in [-0.4, -0.2) is 50.9 Å². The Bertz CT molecular complexity index is 1030. The molecule has 0 aliphatic carbocycles. The molecule has 1 amide bonds. The van der Waals surface area contributed by atoms with Crippen molar-refractivity contribution in [3.05, 3.63) is 42.3 Å². The van der Waals surface area contributed by atoms with Crippen LogP contribution in [-0.2, 0) is 16.1 Å². The van der Waals surface area contributed by atoms with Gasteiger partial charge in [0.15, 0.2) is 5.76 Å². The van der Waals surface area contributed by atoms with Crippen molar-refractivity contribution in [3.8, 4) is 0 Å². The lowest BCUT2D eigenvalue weighted by atomic mass is 10.2. The van der Waals surface area contributed by atoms with Gasteiger partial charge in [-0.25, -0.2) is 9.59 Å². The highest BCUT2D eigenvalue weighted by Crippen LogP contribution is 2.28. The van der Waals surface area contributed by atoms with E-state index in [0.29, 0.717) is 30.0 Å².